The van der Waals surface area contributed by atoms with Crippen LogP contribution in [0.5, 0.6) is 5.75 Å². The molecule has 6 heteroatoms. The number of benzene rings is 2. The Kier molecular flexibility index (Phi) is 6.66. The van der Waals surface area contributed by atoms with Crippen LogP contribution in [0.25, 0.3) is 0 Å². The summed E-state index contributed by atoms with van der Waals surface area (Å²) in [7, 11) is 1.59. The molecule has 0 radical (unpaired) electrons. The van der Waals surface area contributed by atoms with E-state index in [1.165, 1.54) is 21.8 Å². The maximum Gasteiger partial charge on any atom is 0.279 e. The van der Waals surface area contributed by atoms with Gasteiger partial charge >= 0.3 is 0 Å². The molecule has 1 amide bonds. The van der Waals surface area contributed by atoms with E-state index >= 15 is 0 Å². The number of methoxy groups -OCH3 is 1. The number of rotatable bonds is 5. The summed E-state index contributed by atoms with van der Waals surface area (Å²) in [5, 5.41) is 0. The molecule has 5 nitrogen and oxygen atoms in total. The molecule has 1 aromatic heterocycles. The van der Waals surface area contributed by atoms with Crippen LogP contribution in [0.4, 0.5) is 0 Å². The van der Waals surface area contributed by atoms with Crippen molar-refractivity contribution < 1.29 is 14.3 Å². The highest BCUT2D eigenvalue weighted by molar-refractivity contribution is 7.09. The first-order valence-corrected chi connectivity index (χ1v) is 12.2. The summed E-state index contributed by atoms with van der Waals surface area (Å²) in [6.07, 6.45) is 4.10. The van der Waals surface area contributed by atoms with Crippen LogP contribution >= 0.6 is 11.3 Å². The maximum absolute atomic E-state index is 13.2. The number of carbonyl (C=O) groups excluding carboxylic acids is 2. The van der Waals surface area contributed by atoms with Crippen LogP contribution in [-0.4, -0.2) is 23.4 Å². The Labute approximate surface area is 198 Å². The van der Waals surface area contributed by atoms with Crippen molar-refractivity contribution in [3.8, 4) is 5.75 Å². The standard InChI is InChI=1S/C27H30N2O3S/c1-27(2,3)20-13-9-18(10-14-20)23(30)17-29-22-7-5-6-8-24(22)33-26(29)28-25(31)19-11-15-21(32-4)16-12-19/h9-16H,5-8,17H2,1-4H3. The van der Waals surface area contributed by atoms with Crippen molar-refractivity contribution in [2.75, 3.05) is 7.11 Å². The number of nitrogens with zero attached hydrogens (tertiary/aromatic N) is 2. The number of ether oxygens (including phenoxy) is 1. The number of aromatic nitrogens is 1. The third kappa shape index (κ3) is 5.17. The predicted molar refractivity (Wildman–Crippen MR) is 131 cm³/mol. The fourth-order valence-electron chi connectivity index (χ4n) is 4.06. The number of Topliss-reactive ketones (excluding diaryl/α,β-unsaturated/α-hetero) is 1. The smallest absolute Gasteiger partial charge is 0.279 e. The van der Waals surface area contributed by atoms with E-state index in [-0.39, 0.29) is 23.7 Å². The first-order chi connectivity index (χ1) is 15.8. The molecule has 3 aromatic rings. The molecule has 1 heterocycles. The average Bonchev–Trinajstić information content (AvgIpc) is 3.15. The lowest BCUT2D eigenvalue weighted by Gasteiger charge is -2.19. The van der Waals surface area contributed by atoms with Gasteiger partial charge in [-0.05, 0) is 60.9 Å². The highest BCUT2D eigenvalue weighted by Gasteiger charge is 2.21. The molecule has 0 unspecified atom stereocenters. The van der Waals surface area contributed by atoms with E-state index in [0.717, 1.165) is 31.4 Å². The number of hydrogen-bond acceptors (Lipinski definition) is 4. The van der Waals surface area contributed by atoms with Gasteiger partial charge in [0.1, 0.15) is 5.75 Å². The van der Waals surface area contributed by atoms with Gasteiger partial charge in [-0.3, -0.25) is 9.59 Å². The van der Waals surface area contributed by atoms with Crippen molar-refractivity contribution in [3.05, 3.63) is 80.6 Å². The van der Waals surface area contributed by atoms with Gasteiger partial charge in [-0.15, -0.1) is 11.3 Å². The minimum atomic E-state index is -0.313. The highest BCUT2D eigenvalue weighted by Crippen LogP contribution is 2.25. The van der Waals surface area contributed by atoms with Crippen molar-refractivity contribution in [1.82, 2.24) is 4.57 Å². The topological polar surface area (TPSA) is 60.7 Å². The van der Waals surface area contributed by atoms with Crippen molar-refractivity contribution in [2.24, 2.45) is 4.99 Å². The van der Waals surface area contributed by atoms with E-state index in [1.807, 2.05) is 28.8 Å². The molecule has 0 spiro atoms. The number of ketones is 1. The molecule has 1 aliphatic rings. The fourth-order valence-corrected chi connectivity index (χ4v) is 5.27. The summed E-state index contributed by atoms with van der Waals surface area (Å²) in [6, 6.07) is 14.8. The zero-order valence-electron chi connectivity index (χ0n) is 19.7. The number of thiazole rings is 1. The quantitative estimate of drug-likeness (QED) is 0.480. The van der Waals surface area contributed by atoms with E-state index in [0.29, 0.717) is 21.7 Å². The second-order valence-corrected chi connectivity index (χ2v) is 10.5. The molecule has 0 N–H and O–H groups in total. The molecule has 1 aliphatic carbocycles. The Bertz CT molecular complexity index is 1230. The third-order valence-electron chi connectivity index (χ3n) is 6.07. The Morgan fingerprint density at radius 2 is 1.61 bits per heavy atom. The fraction of sp³-hybridized carbons (Fsp3) is 0.370. The predicted octanol–water partition coefficient (Wildman–Crippen LogP) is 5.36. The molecule has 2 aromatic carbocycles. The molecule has 172 valence electrons. The second-order valence-electron chi connectivity index (χ2n) is 9.44. The Hall–Kier alpha value is -2.99. The SMILES string of the molecule is COc1ccc(C(=O)N=c2sc3c(n2CC(=O)c2ccc(C(C)(C)C)cc2)CCCC3)cc1. The number of carbonyl (C=O) groups is 2. The Balaban J connectivity index is 1.66. The summed E-state index contributed by atoms with van der Waals surface area (Å²) in [4.78, 5) is 32.3. The maximum atomic E-state index is 13.2. The van der Waals surface area contributed by atoms with Crippen LogP contribution < -0.4 is 9.54 Å². The van der Waals surface area contributed by atoms with Gasteiger partial charge in [0.15, 0.2) is 10.6 Å². The normalized spacial score (nSPS) is 14.1. The second kappa shape index (κ2) is 9.48. The van der Waals surface area contributed by atoms with Crippen LogP contribution in [0.2, 0.25) is 0 Å². The molecule has 0 aliphatic heterocycles. The molecule has 33 heavy (non-hydrogen) atoms. The van der Waals surface area contributed by atoms with Gasteiger partial charge in [0, 0.05) is 21.7 Å². The van der Waals surface area contributed by atoms with E-state index in [4.69, 9.17) is 4.74 Å². The number of aryl methyl sites for hydroxylation is 1. The summed E-state index contributed by atoms with van der Waals surface area (Å²) in [5.41, 5.74) is 3.56. The van der Waals surface area contributed by atoms with Gasteiger partial charge < -0.3 is 9.30 Å². The lowest BCUT2D eigenvalue weighted by molar-refractivity contribution is 0.0961. The van der Waals surface area contributed by atoms with Crippen LogP contribution in [-0.2, 0) is 24.8 Å². The zero-order valence-corrected chi connectivity index (χ0v) is 20.5. The summed E-state index contributed by atoms with van der Waals surface area (Å²) >= 11 is 1.53. The molecule has 0 atom stereocenters. The Morgan fingerprint density at radius 1 is 0.970 bits per heavy atom. The van der Waals surface area contributed by atoms with Gasteiger partial charge in [0.05, 0.1) is 13.7 Å². The number of hydrogen-bond donors (Lipinski definition) is 0. The lowest BCUT2D eigenvalue weighted by Crippen LogP contribution is -2.24. The van der Waals surface area contributed by atoms with Crippen LogP contribution in [0.1, 0.15) is 70.5 Å². The van der Waals surface area contributed by atoms with Crippen molar-refractivity contribution in [2.45, 2.75) is 58.4 Å². The first kappa shape index (κ1) is 23.2. The third-order valence-corrected chi connectivity index (χ3v) is 7.25. The van der Waals surface area contributed by atoms with Crippen molar-refractivity contribution in [3.63, 3.8) is 0 Å². The minimum Gasteiger partial charge on any atom is -0.497 e. The van der Waals surface area contributed by atoms with Crippen LogP contribution in [0.3, 0.4) is 0 Å². The van der Waals surface area contributed by atoms with E-state index in [2.05, 4.69) is 25.8 Å². The van der Waals surface area contributed by atoms with Crippen molar-refractivity contribution in [1.29, 1.82) is 0 Å². The van der Waals surface area contributed by atoms with E-state index in [1.54, 1.807) is 31.4 Å². The molecular formula is C27H30N2O3S. The van der Waals surface area contributed by atoms with Crippen molar-refractivity contribution >= 4 is 23.0 Å². The molecule has 0 fully saturated rings. The monoisotopic (exact) mass is 462 g/mol. The largest absolute Gasteiger partial charge is 0.497 e. The number of fused-ring (bicyclic) bond motifs is 1. The summed E-state index contributed by atoms with van der Waals surface area (Å²) < 4.78 is 7.13. The van der Waals surface area contributed by atoms with Gasteiger partial charge in [-0.1, -0.05) is 45.0 Å². The highest BCUT2D eigenvalue weighted by atomic mass is 32.1. The zero-order chi connectivity index (χ0) is 23.6. The number of amides is 1. The van der Waals surface area contributed by atoms with Gasteiger partial charge in [-0.2, -0.15) is 4.99 Å². The molecular weight excluding hydrogens is 432 g/mol. The van der Waals surface area contributed by atoms with E-state index in [9.17, 15) is 9.59 Å². The van der Waals surface area contributed by atoms with E-state index < -0.39 is 0 Å². The lowest BCUT2D eigenvalue weighted by atomic mass is 9.86. The van der Waals surface area contributed by atoms with Gasteiger partial charge in [0.2, 0.25) is 0 Å². The first-order valence-electron chi connectivity index (χ1n) is 11.3. The Morgan fingerprint density at radius 3 is 2.24 bits per heavy atom. The van der Waals surface area contributed by atoms with Gasteiger partial charge in [0.25, 0.3) is 5.91 Å². The van der Waals surface area contributed by atoms with Gasteiger partial charge in [-0.25, -0.2) is 0 Å². The average molecular weight is 463 g/mol. The summed E-state index contributed by atoms with van der Waals surface area (Å²) in [5.74, 6) is 0.406. The molecule has 4 rings (SSSR count). The molecule has 0 saturated carbocycles. The molecule has 0 saturated heterocycles. The summed E-state index contributed by atoms with van der Waals surface area (Å²) in [6.45, 7) is 6.66. The van der Waals surface area contributed by atoms with Crippen LogP contribution in [0, 0.1) is 0 Å². The van der Waals surface area contributed by atoms with Crippen LogP contribution in [0.15, 0.2) is 53.5 Å². The minimum absolute atomic E-state index is 0.0278. The molecule has 0 bridgehead atoms.